The van der Waals surface area contributed by atoms with Crippen molar-refractivity contribution in [3.05, 3.63) is 29.6 Å². The van der Waals surface area contributed by atoms with Gasteiger partial charge in [-0.2, -0.15) is 0 Å². The SMILES string of the molecule is COc1ccc(C(=O)N2CCOC[C@@H]2CC(=O)O)cc1F. The second-order valence-electron chi connectivity index (χ2n) is 4.67. The minimum Gasteiger partial charge on any atom is -0.494 e. The lowest BCUT2D eigenvalue weighted by molar-refractivity contribution is -0.139. The van der Waals surface area contributed by atoms with Gasteiger partial charge in [-0.1, -0.05) is 0 Å². The number of ether oxygens (including phenoxy) is 2. The molecule has 1 aliphatic rings. The van der Waals surface area contributed by atoms with Crippen LogP contribution in [0.25, 0.3) is 0 Å². The topological polar surface area (TPSA) is 76.1 Å². The molecule has 0 radical (unpaired) electrons. The normalized spacial score (nSPS) is 18.4. The molecule has 21 heavy (non-hydrogen) atoms. The number of hydrogen-bond acceptors (Lipinski definition) is 4. The minimum atomic E-state index is -1.01. The number of amides is 1. The molecule has 0 spiro atoms. The van der Waals surface area contributed by atoms with E-state index in [9.17, 15) is 14.0 Å². The molecule has 1 fully saturated rings. The largest absolute Gasteiger partial charge is 0.494 e. The van der Waals surface area contributed by atoms with E-state index in [1.54, 1.807) is 0 Å². The van der Waals surface area contributed by atoms with Crippen LogP contribution in [0.1, 0.15) is 16.8 Å². The van der Waals surface area contributed by atoms with Crippen LogP contribution < -0.4 is 4.74 Å². The second kappa shape index (κ2) is 6.53. The lowest BCUT2D eigenvalue weighted by Gasteiger charge is -2.34. The third-order valence-electron chi connectivity index (χ3n) is 3.30. The molecule has 2 rings (SSSR count). The summed E-state index contributed by atoms with van der Waals surface area (Å²) in [5.74, 6) is -2.00. The van der Waals surface area contributed by atoms with E-state index in [0.717, 1.165) is 6.07 Å². The van der Waals surface area contributed by atoms with Crippen LogP contribution in [0.3, 0.4) is 0 Å². The van der Waals surface area contributed by atoms with E-state index in [-0.39, 0.29) is 30.9 Å². The van der Waals surface area contributed by atoms with Crippen LogP contribution >= 0.6 is 0 Å². The molecule has 0 saturated carbocycles. The quantitative estimate of drug-likeness (QED) is 0.902. The molecule has 0 aromatic heterocycles. The Balaban J connectivity index is 2.20. The molecule has 1 atom stereocenters. The summed E-state index contributed by atoms with van der Waals surface area (Å²) in [5.41, 5.74) is 0.158. The molecule has 1 heterocycles. The molecule has 1 aromatic rings. The Morgan fingerprint density at radius 3 is 2.90 bits per heavy atom. The van der Waals surface area contributed by atoms with Gasteiger partial charge >= 0.3 is 5.97 Å². The third-order valence-corrected chi connectivity index (χ3v) is 3.30. The highest BCUT2D eigenvalue weighted by Crippen LogP contribution is 2.21. The van der Waals surface area contributed by atoms with Crippen molar-refractivity contribution in [2.45, 2.75) is 12.5 Å². The van der Waals surface area contributed by atoms with Gasteiger partial charge in [0.2, 0.25) is 0 Å². The molecule has 0 aliphatic carbocycles. The number of hydrogen-bond donors (Lipinski definition) is 1. The lowest BCUT2D eigenvalue weighted by atomic mass is 10.1. The average Bonchev–Trinajstić information content (AvgIpc) is 2.46. The van der Waals surface area contributed by atoms with E-state index < -0.39 is 23.7 Å². The summed E-state index contributed by atoms with van der Waals surface area (Å²) >= 11 is 0. The highest BCUT2D eigenvalue weighted by molar-refractivity contribution is 5.95. The zero-order chi connectivity index (χ0) is 15.4. The van der Waals surface area contributed by atoms with Gasteiger partial charge in [0, 0.05) is 12.1 Å². The number of carboxylic acid groups (broad SMARTS) is 1. The summed E-state index contributed by atoms with van der Waals surface area (Å²) in [4.78, 5) is 24.7. The number of rotatable bonds is 4. The van der Waals surface area contributed by atoms with Gasteiger partial charge in [-0.3, -0.25) is 9.59 Å². The van der Waals surface area contributed by atoms with Gasteiger partial charge in [-0.05, 0) is 18.2 Å². The molecule has 0 unspecified atom stereocenters. The van der Waals surface area contributed by atoms with Crippen LogP contribution in [-0.4, -0.2) is 54.8 Å². The van der Waals surface area contributed by atoms with Gasteiger partial charge < -0.3 is 19.5 Å². The summed E-state index contributed by atoms with van der Waals surface area (Å²) < 4.78 is 23.7. The first kappa shape index (κ1) is 15.2. The highest BCUT2D eigenvalue weighted by Gasteiger charge is 2.30. The van der Waals surface area contributed by atoms with Crippen molar-refractivity contribution in [2.75, 3.05) is 26.9 Å². The monoisotopic (exact) mass is 297 g/mol. The first-order chi connectivity index (χ1) is 10.0. The van der Waals surface area contributed by atoms with E-state index in [0.29, 0.717) is 6.61 Å². The maximum Gasteiger partial charge on any atom is 0.305 e. The first-order valence-corrected chi connectivity index (χ1v) is 6.47. The fourth-order valence-corrected chi connectivity index (χ4v) is 2.26. The smallest absolute Gasteiger partial charge is 0.305 e. The molecular weight excluding hydrogens is 281 g/mol. The second-order valence-corrected chi connectivity index (χ2v) is 4.67. The first-order valence-electron chi connectivity index (χ1n) is 6.47. The van der Waals surface area contributed by atoms with Crippen LogP contribution in [-0.2, 0) is 9.53 Å². The van der Waals surface area contributed by atoms with Crippen molar-refractivity contribution in [3.63, 3.8) is 0 Å². The number of methoxy groups -OCH3 is 1. The number of nitrogens with zero attached hydrogens (tertiary/aromatic N) is 1. The standard InChI is InChI=1S/C14H16FNO5/c1-20-12-3-2-9(6-11(12)15)14(19)16-4-5-21-8-10(16)7-13(17)18/h2-3,6,10H,4-5,7-8H2,1H3,(H,17,18)/t10-/m0/s1. The molecule has 1 saturated heterocycles. The van der Waals surface area contributed by atoms with Crippen molar-refractivity contribution in [1.29, 1.82) is 0 Å². The van der Waals surface area contributed by atoms with E-state index in [2.05, 4.69) is 0 Å². The highest BCUT2D eigenvalue weighted by atomic mass is 19.1. The lowest BCUT2D eigenvalue weighted by Crippen LogP contribution is -2.49. The summed E-state index contributed by atoms with van der Waals surface area (Å²) in [6.07, 6.45) is -0.204. The average molecular weight is 297 g/mol. The summed E-state index contributed by atoms with van der Waals surface area (Å²) in [6.45, 7) is 0.779. The van der Waals surface area contributed by atoms with Crippen LogP contribution in [0.2, 0.25) is 0 Å². The summed E-state index contributed by atoms with van der Waals surface area (Å²) in [7, 11) is 1.34. The van der Waals surface area contributed by atoms with Gasteiger partial charge in [-0.25, -0.2) is 4.39 Å². The molecule has 114 valence electrons. The molecule has 1 amide bonds. The van der Waals surface area contributed by atoms with Crippen LogP contribution in [0.15, 0.2) is 18.2 Å². The minimum absolute atomic E-state index is 0.0515. The molecule has 1 N–H and O–H groups in total. The molecule has 1 aliphatic heterocycles. The van der Waals surface area contributed by atoms with Crippen molar-refractivity contribution < 1.29 is 28.6 Å². The Morgan fingerprint density at radius 1 is 1.52 bits per heavy atom. The summed E-state index contributed by atoms with van der Waals surface area (Å²) in [6, 6.07) is 3.37. The fraction of sp³-hybridized carbons (Fsp3) is 0.429. The maximum atomic E-state index is 13.7. The Kier molecular flexibility index (Phi) is 4.74. The molecule has 7 heteroatoms. The third kappa shape index (κ3) is 3.49. The summed E-state index contributed by atoms with van der Waals surface area (Å²) in [5, 5.41) is 8.88. The van der Waals surface area contributed by atoms with E-state index >= 15 is 0 Å². The van der Waals surface area contributed by atoms with Gasteiger partial charge in [0.1, 0.15) is 0 Å². The molecule has 1 aromatic carbocycles. The maximum absolute atomic E-state index is 13.7. The number of aliphatic carboxylic acids is 1. The molecular formula is C14H16FNO5. The predicted molar refractivity (Wildman–Crippen MR) is 70.8 cm³/mol. The number of carbonyl (C=O) groups is 2. The number of carbonyl (C=O) groups excluding carboxylic acids is 1. The van der Waals surface area contributed by atoms with Crippen LogP contribution in [0.4, 0.5) is 4.39 Å². The van der Waals surface area contributed by atoms with Crippen LogP contribution in [0, 0.1) is 5.82 Å². The van der Waals surface area contributed by atoms with Gasteiger partial charge in [-0.15, -0.1) is 0 Å². The fourth-order valence-electron chi connectivity index (χ4n) is 2.26. The Morgan fingerprint density at radius 2 is 2.29 bits per heavy atom. The van der Waals surface area contributed by atoms with E-state index in [4.69, 9.17) is 14.6 Å². The van der Waals surface area contributed by atoms with Crippen LogP contribution in [0.5, 0.6) is 5.75 Å². The number of halogens is 1. The van der Waals surface area contributed by atoms with E-state index in [1.165, 1.54) is 24.1 Å². The van der Waals surface area contributed by atoms with Gasteiger partial charge in [0.05, 0.1) is 32.8 Å². The molecule has 0 bridgehead atoms. The number of morpholine rings is 1. The zero-order valence-corrected chi connectivity index (χ0v) is 11.5. The molecule has 6 nitrogen and oxygen atoms in total. The number of carboxylic acids is 1. The van der Waals surface area contributed by atoms with Crippen molar-refractivity contribution >= 4 is 11.9 Å². The number of benzene rings is 1. The van der Waals surface area contributed by atoms with Crippen molar-refractivity contribution in [2.24, 2.45) is 0 Å². The Bertz CT molecular complexity index is 548. The Hall–Kier alpha value is -2.15. The zero-order valence-electron chi connectivity index (χ0n) is 11.5. The van der Waals surface area contributed by atoms with Crippen molar-refractivity contribution in [3.8, 4) is 5.75 Å². The van der Waals surface area contributed by atoms with Gasteiger partial charge in [0.15, 0.2) is 11.6 Å². The Labute approximate surface area is 121 Å². The van der Waals surface area contributed by atoms with Crippen molar-refractivity contribution in [1.82, 2.24) is 4.90 Å². The van der Waals surface area contributed by atoms with Gasteiger partial charge in [0.25, 0.3) is 5.91 Å². The predicted octanol–water partition coefficient (Wildman–Crippen LogP) is 1.15. The van der Waals surface area contributed by atoms with E-state index in [1.807, 2.05) is 0 Å².